The molecule has 1 N–H and O–H groups in total. The van der Waals surface area contributed by atoms with Crippen LogP contribution in [0.1, 0.15) is 27.2 Å². The number of hydrogen-bond donors (Lipinski definition) is 1. The van der Waals surface area contributed by atoms with Crippen molar-refractivity contribution in [1.29, 1.82) is 0 Å². The van der Waals surface area contributed by atoms with Crippen molar-refractivity contribution < 1.29 is 9.53 Å². The van der Waals surface area contributed by atoms with Crippen LogP contribution in [-0.4, -0.2) is 18.1 Å². The quantitative estimate of drug-likeness (QED) is 0.847. The highest BCUT2D eigenvalue weighted by atomic mass is 35.5. The minimum absolute atomic E-state index is 0.242. The van der Waals surface area contributed by atoms with E-state index < -0.39 is 5.60 Å². The van der Waals surface area contributed by atoms with Gasteiger partial charge >= 0.3 is 5.97 Å². The predicted octanol–water partition coefficient (Wildman–Crippen LogP) is 4.14. The molecule has 0 heterocycles. The van der Waals surface area contributed by atoms with Crippen molar-refractivity contribution in [2.75, 3.05) is 11.9 Å². The fourth-order valence-corrected chi connectivity index (χ4v) is 1.70. The van der Waals surface area contributed by atoms with Gasteiger partial charge in [0.25, 0.3) is 0 Å². The molecule has 1 rings (SSSR count). The molecule has 100 valence electrons. The summed E-state index contributed by atoms with van der Waals surface area (Å²) in [6, 6.07) is 5.32. The van der Waals surface area contributed by atoms with Crippen LogP contribution in [0.2, 0.25) is 10.0 Å². The average Bonchev–Trinajstić information content (AvgIpc) is 2.21. The van der Waals surface area contributed by atoms with Crippen LogP contribution < -0.4 is 5.32 Å². The van der Waals surface area contributed by atoms with Gasteiger partial charge in [-0.25, -0.2) is 0 Å². The number of rotatable bonds is 4. The van der Waals surface area contributed by atoms with Gasteiger partial charge in [-0.3, -0.25) is 4.79 Å². The van der Waals surface area contributed by atoms with E-state index in [9.17, 15) is 4.79 Å². The summed E-state index contributed by atoms with van der Waals surface area (Å²) in [5, 5.41) is 4.00. The van der Waals surface area contributed by atoms with Crippen molar-refractivity contribution in [3.63, 3.8) is 0 Å². The Balaban J connectivity index is 2.43. The highest BCUT2D eigenvalue weighted by Gasteiger charge is 2.15. The van der Waals surface area contributed by atoms with E-state index in [1.807, 2.05) is 26.8 Å². The highest BCUT2D eigenvalue weighted by Crippen LogP contribution is 2.29. The number of carbonyl (C=O) groups is 1. The summed E-state index contributed by atoms with van der Waals surface area (Å²) in [6.07, 6.45) is 0.278. The van der Waals surface area contributed by atoms with Gasteiger partial charge in [0, 0.05) is 6.54 Å². The first-order valence-corrected chi connectivity index (χ1v) is 6.45. The molecule has 0 aromatic heterocycles. The lowest BCUT2D eigenvalue weighted by atomic mass is 10.2. The van der Waals surface area contributed by atoms with E-state index in [-0.39, 0.29) is 12.4 Å². The average molecular weight is 290 g/mol. The zero-order chi connectivity index (χ0) is 13.8. The fraction of sp³-hybridized carbons (Fsp3) is 0.462. The molecular weight excluding hydrogens is 273 g/mol. The Morgan fingerprint density at radius 1 is 1.33 bits per heavy atom. The number of benzene rings is 1. The lowest BCUT2D eigenvalue weighted by Gasteiger charge is -2.19. The Bertz CT molecular complexity index is 427. The molecule has 1 aromatic rings. The predicted molar refractivity (Wildman–Crippen MR) is 75.4 cm³/mol. The molecule has 0 aliphatic heterocycles. The van der Waals surface area contributed by atoms with Crippen LogP contribution >= 0.6 is 23.2 Å². The number of anilines is 1. The van der Waals surface area contributed by atoms with Crippen LogP contribution in [0.25, 0.3) is 0 Å². The lowest BCUT2D eigenvalue weighted by Crippen LogP contribution is -2.25. The van der Waals surface area contributed by atoms with Gasteiger partial charge in [-0.1, -0.05) is 29.3 Å². The largest absolute Gasteiger partial charge is 0.460 e. The number of halogens is 2. The van der Waals surface area contributed by atoms with E-state index in [4.69, 9.17) is 27.9 Å². The third-order valence-electron chi connectivity index (χ3n) is 2.02. The number of nitrogens with one attached hydrogen (secondary N) is 1. The molecular formula is C13H17Cl2NO2. The summed E-state index contributed by atoms with van der Waals surface area (Å²) in [7, 11) is 0. The molecule has 0 saturated carbocycles. The lowest BCUT2D eigenvalue weighted by molar-refractivity contribution is -0.154. The van der Waals surface area contributed by atoms with Gasteiger partial charge in [0.2, 0.25) is 0 Å². The molecule has 0 amide bonds. The minimum Gasteiger partial charge on any atom is -0.460 e. The van der Waals surface area contributed by atoms with Crippen molar-refractivity contribution in [1.82, 2.24) is 0 Å². The molecule has 0 aliphatic carbocycles. The molecule has 0 bridgehead atoms. The second kappa shape index (κ2) is 6.30. The first-order chi connectivity index (χ1) is 8.29. The van der Waals surface area contributed by atoms with Crippen LogP contribution in [-0.2, 0) is 9.53 Å². The van der Waals surface area contributed by atoms with Gasteiger partial charge in [-0.05, 0) is 32.9 Å². The van der Waals surface area contributed by atoms with E-state index in [1.54, 1.807) is 12.1 Å². The smallest absolute Gasteiger partial charge is 0.308 e. The molecule has 3 nitrogen and oxygen atoms in total. The fourth-order valence-electron chi connectivity index (χ4n) is 1.33. The second-order valence-corrected chi connectivity index (χ2v) is 5.65. The first kappa shape index (κ1) is 15.1. The molecule has 5 heteroatoms. The number of esters is 1. The SMILES string of the molecule is CC(C)(C)OC(=O)CCNc1cccc(Cl)c1Cl. The van der Waals surface area contributed by atoms with Crippen molar-refractivity contribution >= 4 is 34.9 Å². The highest BCUT2D eigenvalue weighted by molar-refractivity contribution is 6.43. The summed E-state index contributed by atoms with van der Waals surface area (Å²) in [4.78, 5) is 11.5. The molecule has 18 heavy (non-hydrogen) atoms. The first-order valence-electron chi connectivity index (χ1n) is 5.69. The van der Waals surface area contributed by atoms with Gasteiger partial charge in [-0.15, -0.1) is 0 Å². The normalized spacial score (nSPS) is 11.2. The molecule has 1 aromatic carbocycles. The molecule has 0 radical (unpaired) electrons. The monoisotopic (exact) mass is 289 g/mol. The van der Waals surface area contributed by atoms with E-state index in [0.29, 0.717) is 22.3 Å². The van der Waals surface area contributed by atoms with Gasteiger partial charge in [0.05, 0.1) is 22.2 Å². The summed E-state index contributed by atoms with van der Waals surface area (Å²) >= 11 is 11.9. The molecule has 0 saturated heterocycles. The number of hydrogen-bond acceptors (Lipinski definition) is 3. The van der Waals surface area contributed by atoms with Crippen molar-refractivity contribution in [3.8, 4) is 0 Å². The maximum atomic E-state index is 11.5. The Morgan fingerprint density at radius 2 is 2.00 bits per heavy atom. The summed E-state index contributed by atoms with van der Waals surface area (Å²) in [5.41, 5.74) is 0.262. The van der Waals surface area contributed by atoms with Crippen LogP contribution in [0.4, 0.5) is 5.69 Å². The van der Waals surface area contributed by atoms with E-state index in [2.05, 4.69) is 5.32 Å². The van der Waals surface area contributed by atoms with E-state index >= 15 is 0 Å². The van der Waals surface area contributed by atoms with Gasteiger partial charge < -0.3 is 10.1 Å². The van der Waals surface area contributed by atoms with Crippen molar-refractivity contribution in [2.45, 2.75) is 32.8 Å². The maximum Gasteiger partial charge on any atom is 0.308 e. The van der Waals surface area contributed by atoms with Gasteiger partial charge in [-0.2, -0.15) is 0 Å². The molecule has 0 unspecified atom stereocenters. The zero-order valence-corrected chi connectivity index (χ0v) is 12.2. The van der Waals surface area contributed by atoms with Crippen LogP contribution in [0.3, 0.4) is 0 Å². The Morgan fingerprint density at radius 3 is 2.61 bits per heavy atom. The molecule has 0 aliphatic rings. The number of carbonyl (C=O) groups excluding carboxylic acids is 1. The molecule has 0 spiro atoms. The standard InChI is InChI=1S/C13H17Cl2NO2/c1-13(2,3)18-11(17)7-8-16-10-6-4-5-9(14)12(10)15/h4-6,16H,7-8H2,1-3H3. The Labute approximate surface area is 117 Å². The summed E-state index contributed by atoms with van der Waals surface area (Å²) in [5.74, 6) is -0.242. The molecule has 0 atom stereocenters. The minimum atomic E-state index is -0.454. The summed E-state index contributed by atoms with van der Waals surface area (Å²) < 4.78 is 5.19. The summed E-state index contributed by atoms with van der Waals surface area (Å²) in [6.45, 7) is 5.97. The van der Waals surface area contributed by atoms with Crippen molar-refractivity contribution in [2.24, 2.45) is 0 Å². The van der Waals surface area contributed by atoms with Crippen molar-refractivity contribution in [3.05, 3.63) is 28.2 Å². The third kappa shape index (κ3) is 5.15. The van der Waals surface area contributed by atoms with E-state index in [1.165, 1.54) is 0 Å². The Kier molecular flexibility index (Phi) is 5.29. The molecule has 0 fully saturated rings. The maximum absolute atomic E-state index is 11.5. The van der Waals surface area contributed by atoms with Crippen LogP contribution in [0.15, 0.2) is 18.2 Å². The third-order valence-corrected chi connectivity index (χ3v) is 2.84. The topological polar surface area (TPSA) is 38.3 Å². The van der Waals surface area contributed by atoms with Crippen LogP contribution in [0.5, 0.6) is 0 Å². The number of ether oxygens (including phenoxy) is 1. The second-order valence-electron chi connectivity index (χ2n) is 4.86. The van der Waals surface area contributed by atoms with E-state index in [0.717, 1.165) is 0 Å². The zero-order valence-electron chi connectivity index (χ0n) is 10.7. The van der Waals surface area contributed by atoms with Crippen LogP contribution in [0, 0.1) is 0 Å². The Hall–Kier alpha value is -0.930. The van der Waals surface area contributed by atoms with Gasteiger partial charge in [0.15, 0.2) is 0 Å². The van der Waals surface area contributed by atoms with Gasteiger partial charge in [0.1, 0.15) is 5.60 Å².